The molecule has 3 rings (SSSR count). The molecule has 0 bridgehead atoms. The smallest absolute Gasteiger partial charge is 0.255 e. The maximum absolute atomic E-state index is 12.6. The van der Waals surface area contributed by atoms with Crippen LogP contribution in [0.25, 0.3) is 0 Å². The van der Waals surface area contributed by atoms with Crippen LogP contribution in [0.4, 0.5) is 0 Å². The summed E-state index contributed by atoms with van der Waals surface area (Å²) in [7, 11) is -6.91. The molecule has 0 N–H and O–H groups in total. The van der Waals surface area contributed by atoms with Crippen molar-refractivity contribution in [3.63, 3.8) is 0 Å². The van der Waals surface area contributed by atoms with Gasteiger partial charge in [-0.15, -0.1) is 0 Å². The minimum Gasteiger partial charge on any atom is -0.332 e. The second-order valence-electron chi connectivity index (χ2n) is 5.83. The lowest BCUT2D eigenvalue weighted by molar-refractivity contribution is 0.0516. The van der Waals surface area contributed by atoms with E-state index in [0.717, 1.165) is 6.26 Å². The van der Waals surface area contributed by atoms with E-state index in [2.05, 4.69) is 4.98 Å². The van der Waals surface area contributed by atoms with Crippen molar-refractivity contribution in [1.29, 1.82) is 0 Å². The van der Waals surface area contributed by atoms with E-state index >= 15 is 0 Å². The minimum atomic E-state index is -3.53. The highest BCUT2D eigenvalue weighted by atomic mass is 32.2. The molecule has 2 fully saturated rings. The molecule has 0 spiro atoms. The lowest BCUT2D eigenvalue weighted by Gasteiger charge is -2.42. The van der Waals surface area contributed by atoms with Crippen LogP contribution in [0, 0.1) is 0 Å². The van der Waals surface area contributed by atoms with Crippen molar-refractivity contribution in [3.05, 3.63) is 30.1 Å². The summed E-state index contributed by atoms with van der Waals surface area (Å²) in [5.74, 6) is -0.782. The first-order valence-electron chi connectivity index (χ1n) is 7.07. The number of sulfonamides is 1. The topological polar surface area (TPSA) is 105 Å². The fourth-order valence-electron chi connectivity index (χ4n) is 3.24. The summed E-state index contributed by atoms with van der Waals surface area (Å²) in [6.45, 7) is 0.263. The van der Waals surface area contributed by atoms with Gasteiger partial charge in [0.15, 0.2) is 9.84 Å². The van der Waals surface area contributed by atoms with Gasteiger partial charge in [-0.2, -0.15) is 4.31 Å². The average molecular weight is 359 g/mol. The number of piperazine rings is 1. The molecule has 2 atom stereocenters. The number of nitrogens with zero attached hydrogens (tertiary/aromatic N) is 3. The maximum Gasteiger partial charge on any atom is 0.255 e. The van der Waals surface area contributed by atoms with Crippen molar-refractivity contribution >= 4 is 25.8 Å². The number of aromatic nitrogens is 1. The summed E-state index contributed by atoms with van der Waals surface area (Å²) < 4.78 is 49.0. The summed E-state index contributed by atoms with van der Waals surface area (Å²) >= 11 is 0. The molecule has 3 heterocycles. The van der Waals surface area contributed by atoms with E-state index in [-0.39, 0.29) is 30.5 Å². The average Bonchev–Trinajstić information content (AvgIpc) is 2.79. The molecule has 1 aromatic heterocycles. The van der Waals surface area contributed by atoms with Crippen LogP contribution in [0.15, 0.2) is 24.5 Å². The molecular weight excluding hydrogens is 342 g/mol. The number of fused-ring (bicyclic) bond motifs is 1. The number of rotatable bonds is 2. The lowest BCUT2D eigenvalue weighted by atomic mass is 10.1. The minimum absolute atomic E-state index is 0.0987. The Hall–Kier alpha value is -1.52. The summed E-state index contributed by atoms with van der Waals surface area (Å²) in [5.41, 5.74) is 0.364. The number of amides is 1. The molecule has 0 aromatic carbocycles. The Balaban J connectivity index is 1.95. The van der Waals surface area contributed by atoms with Gasteiger partial charge in [0.1, 0.15) is 0 Å². The third kappa shape index (κ3) is 3.10. The van der Waals surface area contributed by atoms with Crippen LogP contribution in [0.3, 0.4) is 0 Å². The monoisotopic (exact) mass is 359 g/mol. The Labute approximate surface area is 135 Å². The number of hydrogen-bond donors (Lipinski definition) is 0. The van der Waals surface area contributed by atoms with E-state index < -0.39 is 31.9 Å². The van der Waals surface area contributed by atoms with E-state index in [1.54, 1.807) is 18.3 Å². The van der Waals surface area contributed by atoms with Crippen molar-refractivity contribution in [2.45, 2.75) is 12.1 Å². The highest BCUT2D eigenvalue weighted by Crippen LogP contribution is 2.29. The summed E-state index contributed by atoms with van der Waals surface area (Å²) in [6.07, 6.45) is 4.03. The molecular formula is C13H17N3O5S2. The molecule has 2 aliphatic heterocycles. The van der Waals surface area contributed by atoms with Gasteiger partial charge in [0.2, 0.25) is 10.0 Å². The van der Waals surface area contributed by atoms with Crippen molar-refractivity contribution < 1.29 is 21.6 Å². The van der Waals surface area contributed by atoms with Crippen LogP contribution in [-0.2, 0) is 19.9 Å². The van der Waals surface area contributed by atoms with Gasteiger partial charge >= 0.3 is 0 Å². The van der Waals surface area contributed by atoms with Crippen LogP contribution in [0.2, 0.25) is 0 Å². The van der Waals surface area contributed by atoms with Gasteiger partial charge in [-0.05, 0) is 12.1 Å². The second-order valence-corrected chi connectivity index (χ2v) is 9.91. The molecule has 0 saturated carbocycles. The zero-order valence-corrected chi connectivity index (χ0v) is 14.1. The molecule has 1 amide bonds. The van der Waals surface area contributed by atoms with Crippen LogP contribution in [0.1, 0.15) is 10.4 Å². The normalized spacial score (nSPS) is 27.6. The number of carbonyl (C=O) groups excluding carboxylic acids is 1. The van der Waals surface area contributed by atoms with E-state index in [4.69, 9.17) is 0 Å². The van der Waals surface area contributed by atoms with Crippen LogP contribution in [0.5, 0.6) is 0 Å². The van der Waals surface area contributed by atoms with Gasteiger partial charge in [-0.25, -0.2) is 16.8 Å². The van der Waals surface area contributed by atoms with Gasteiger partial charge < -0.3 is 4.90 Å². The third-order valence-electron chi connectivity index (χ3n) is 4.22. The van der Waals surface area contributed by atoms with Gasteiger partial charge in [0, 0.05) is 25.5 Å². The Morgan fingerprint density at radius 1 is 1.26 bits per heavy atom. The molecule has 0 radical (unpaired) electrons. The lowest BCUT2D eigenvalue weighted by Crippen LogP contribution is -2.61. The van der Waals surface area contributed by atoms with Crippen LogP contribution in [-0.4, -0.2) is 79.9 Å². The fourth-order valence-corrected chi connectivity index (χ4v) is 6.44. The second kappa shape index (κ2) is 5.53. The van der Waals surface area contributed by atoms with Gasteiger partial charge in [0.25, 0.3) is 5.91 Å². The van der Waals surface area contributed by atoms with Crippen molar-refractivity contribution in [2.75, 3.05) is 30.9 Å². The predicted octanol–water partition coefficient (Wildman–Crippen LogP) is -1.04. The molecule has 0 aliphatic carbocycles. The Kier molecular flexibility index (Phi) is 3.93. The van der Waals surface area contributed by atoms with Crippen molar-refractivity contribution in [3.8, 4) is 0 Å². The highest BCUT2D eigenvalue weighted by molar-refractivity contribution is 7.92. The third-order valence-corrected chi connectivity index (χ3v) is 7.22. The first-order chi connectivity index (χ1) is 10.7. The Morgan fingerprint density at radius 2 is 1.96 bits per heavy atom. The van der Waals surface area contributed by atoms with Gasteiger partial charge in [-0.3, -0.25) is 9.78 Å². The fraction of sp³-hybridized carbons (Fsp3) is 0.538. The quantitative estimate of drug-likeness (QED) is 0.668. The SMILES string of the molecule is CS(=O)(=O)N1CCN(C(=O)c2cccnc2)[C@H]2CS(=O)(=O)C[C@H]21. The van der Waals surface area contributed by atoms with E-state index in [0.29, 0.717) is 5.56 Å². The number of hydrogen-bond acceptors (Lipinski definition) is 6. The first-order valence-corrected chi connectivity index (χ1v) is 10.7. The van der Waals surface area contributed by atoms with E-state index in [9.17, 15) is 21.6 Å². The maximum atomic E-state index is 12.6. The van der Waals surface area contributed by atoms with Gasteiger partial charge in [0.05, 0.1) is 35.4 Å². The zero-order chi connectivity index (χ0) is 16.8. The summed E-state index contributed by atoms with van der Waals surface area (Å²) in [5, 5.41) is 0. The van der Waals surface area contributed by atoms with Crippen molar-refractivity contribution in [1.82, 2.24) is 14.2 Å². The Morgan fingerprint density at radius 3 is 2.57 bits per heavy atom. The van der Waals surface area contributed by atoms with Crippen LogP contribution < -0.4 is 0 Å². The van der Waals surface area contributed by atoms with Crippen molar-refractivity contribution in [2.24, 2.45) is 0 Å². The molecule has 2 aliphatic rings. The van der Waals surface area contributed by atoms with Crippen LogP contribution >= 0.6 is 0 Å². The highest BCUT2D eigenvalue weighted by Gasteiger charge is 2.50. The number of pyridine rings is 1. The van der Waals surface area contributed by atoms with E-state index in [1.165, 1.54) is 15.4 Å². The largest absolute Gasteiger partial charge is 0.332 e. The summed E-state index contributed by atoms with van der Waals surface area (Å²) in [4.78, 5) is 18.0. The number of sulfone groups is 1. The Bertz CT molecular complexity index is 822. The molecule has 1 aromatic rings. The number of carbonyl (C=O) groups is 1. The molecule has 2 saturated heterocycles. The molecule has 23 heavy (non-hydrogen) atoms. The predicted molar refractivity (Wildman–Crippen MR) is 83.1 cm³/mol. The van der Waals surface area contributed by atoms with E-state index in [1.807, 2.05) is 0 Å². The van der Waals surface area contributed by atoms with Gasteiger partial charge in [-0.1, -0.05) is 0 Å². The molecule has 0 unspecified atom stereocenters. The standard InChI is InChI=1S/C13H17N3O5S2/c1-22(18,19)16-6-5-15(11-8-23(20,21)9-12(11)16)13(17)10-3-2-4-14-7-10/h2-4,7,11-12H,5-6,8-9H2,1H3/t11-,12+/m0/s1. The first kappa shape index (κ1) is 16.3. The molecule has 8 nitrogen and oxygen atoms in total. The summed E-state index contributed by atoms with van der Waals surface area (Å²) in [6, 6.07) is 1.86. The zero-order valence-electron chi connectivity index (χ0n) is 12.5. The molecule has 126 valence electrons. The molecule has 10 heteroatoms.